The first-order chi connectivity index (χ1) is 15.3. The van der Waals surface area contributed by atoms with Crippen molar-refractivity contribution in [2.75, 3.05) is 11.9 Å². The minimum absolute atomic E-state index is 0.0682. The second-order valence-corrected chi connectivity index (χ2v) is 7.80. The maximum Gasteiger partial charge on any atom is 0.412 e. The third-order valence-electron chi connectivity index (χ3n) is 5.23. The molecule has 1 aromatic heterocycles. The molecule has 4 rings (SSSR count). The number of carboxylic acid groups (broad SMARTS) is 1. The molecular weight excluding hydrogens is 416 g/mol. The smallest absolute Gasteiger partial charge is 0.412 e. The lowest BCUT2D eigenvalue weighted by atomic mass is 9.98. The van der Waals surface area contributed by atoms with E-state index in [1.54, 1.807) is 0 Å². The predicted molar refractivity (Wildman–Crippen MR) is 112 cm³/mol. The van der Waals surface area contributed by atoms with E-state index in [1.807, 2.05) is 48.5 Å². The van der Waals surface area contributed by atoms with E-state index >= 15 is 0 Å². The van der Waals surface area contributed by atoms with E-state index in [0.717, 1.165) is 22.3 Å². The van der Waals surface area contributed by atoms with Crippen LogP contribution in [0.2, 0.25) is 0 Å². The van der Waals surface area contributed by atoms with Gasteiger partial charge in [0, 0.05) is 5.92 Å². The van der Waals surface area contributed by atoms with Gasteiger partial charge >= 0.3 is 12.1 Å². The van der Waals surface area contributed by atoms with Crippen molar-refractivity contribution in [1.82, 2.24) is 15.6 Å². The summed E-state index contributed by atoms with van der Waals surface area (Å²) in [5, 5.41) is 20.7. The Morgan fingerprint density at radius 2 is 1.62 bits per heavy atom. The van der Waals surface area contributed by atoms with Gasteiger partial charge < -0.3 is 15.2 Å². The van der Waals surface area contributed by atoms with Gasteiger partial charge in [0.1, 0.15) is 12.1 Å². The zero-order valence-electron chi connectivity index (χ0n) is 17.3. The molecule has 0 radical (unpaired) electrons. The van der Waals surface area contributed by atoms with Crippen molar-refractivity contribution in [3.8, 4) is 11.1 Å². The number of nitrogens with zero attached hydrogens (tertiary/aromatic N) is 2. The monoisotopic (exact) mass is 436 g/mol. The van der Waals surface area contributed by atoms with Crippen LogP contribution in [0.15, 0.2) is 53.2 Å². The molecule has 1 aliphatic carbocycles. The summed E-state index contributed by atoms with van der Waals surface area (Å²) in [6.45, 7) is 2.68. The molecule has 10 heteroatoms. The molecule has 0 spiro atoms. The quantitative estimate of drug-likeness (QED) is 0.535. The van der Waals surface area contributed by atoms with E-state index in [2.05, 4.69) is 25.6 Å². The van der Waals surface area contributed by atoms with Crippen LogP contribution in [0, 0.1) is 0 Å². The van der Waals surface area contributed by atoms with Crippen LogP contribution in [0.1, 0.15) is 41.4 Å². The van der Waals surface area contributed by atoms with Gasteiger partial charge in [-0.2, -0.15) is 0 Å². The molecule has 1 heterocycles. The van der Waals surface area contributed by atoms with Crippen molar-refractivity contribution in [3.63, 3.8) is 0 Å². The van der Waals surface area contributed by atoms with Crippen molar-refractivity contribution in [2.24, 2.45) is 0 Å². The van der Waals surface area contributed by atoms with Crippen molar-refractivity contribution >= 4 is 23.8 Å². The summed E-state index contributed by atoms with van der Waals surface area (Å²) in [7, 11) is 0. The summed E-state index contributed by atoms with van der Waals surface area (Å²) < 4.78 is 9.94. The number of carbonyl (C=O) groups excluding carboxylic acids is 2. The number of aliphatic carboxylic acids is 1. The summed E-state index contributed by atoms with van der Waals surface area (Å²) in [6, 6.07) is 15.8. The molecule has 0 saturated carbocycles. The van der Waals surface area contributed by atoms with E-state index in [9.17, 15) is 14.4 Å². The number of carbonyl (C=O) groups is 3. The molecule has 1 aliphatic rings. The van der Waals surface area contributed by atoms with Gasteiger partial charge in [0.2, 0.25) is 11.5 Å². The highest BCUT2D eigenvalue weighted by molar-refractivity contribution is 6.01. The molecule has 0 atom stereocenters. The second kappa shape index (κ2) is 8.14. The Hall–Kier alpha value is -4.21. The molecule has 0 fully saturated rings. The van der Waals surface area contributed by atoms with Gasteiger partial charge in [-0.3, -0.25) is 10.1 Å². The number of aromatic nitrogens is 2. The topological polar surface area (TPSA) is 144 Å². The fraction of sp³-hybridized carbons (Fsp3) is 0.227. The number of carboxylic acids is 1. The lowest BCUT2D eigenvalue weighted by Gasteiger charge is -2.20. The first kappa shape index (κ1) is 21.0. The van der Waals surface area contributed by atoms with Gasteiger partial charge in [-0.05, 0) is 46.4 Å². The largest absolute Gasteiger partial charge is 0.480 e. The number of amides is 2. The van der Waals surface area contributed by atoms with Crippen LogP contribution in [-0.2, 0) is 9.53 Å². The van der Waals surface area contributed by atoms with Crippen LogP contribution in [-0.4, -0.2) is 45.5 Å². The van der Waals surface area contributed by atoms with Gasteiger partial charge in [0.05, 0.1) is 0 Å². The average Bonchev–Trinajstić information content (AvgIpc) is 3.34. The van der Waals surface area contributed by atoms with Crippen LogP contribution >= 0.6 is 0 Å². The lowest BCUT2D eigenvalue weighted by Crippen LogP contribution is -2.49. The standard InChI is InChI=1S/C22H20N4O6/c1-22(2,20(28)29)24-19(27)17-18(26-32-25-17)23-21(30)31-11-16-14-9-5-3-7-12(14)13-8-4-6-10-15(13)16/h3-10,16H,11H2,1-2H3,(H,24,27)(H,28,29)(H,23,26,30). The highest BCUT2D eigenvalue weighted by Crippen LogP contribution is 2.44. The second-order valence-electron chi connectivity index (χ2n) is 7.80. The Labute approximate surface area is 182 Å². The summed E-state index contributed by atoms with van der Waals surface area (Å²) in [6.07, 6.45) is -0.853. The van der Waals surface area contributed by atoms with Gasteiger partial charge in [-0.1, -0.05) is 48.5 Å². The number of anilines is 1. The predicted octanol–water partition coefficient (Wildman–Crippen LogP) is 3.02. The number of hydrogen-bond donors (Lipinski definition) is 3. The first-order valence-electron chi connectivity index (χ1n) is 9.78. The molecule has 2 amide bonds. The van der Waals surface area contributed by atoms with Crippen molar-refractivity contribution in [1.29, 1.82) is 0 Å². The minimum atomic E-state index is -1.56. The Morgan fingerprint density at radius 3 is 2.22 bits per heavy atom. The molecule has 2 aromatic carbocycles. The van der Waals surface area contributed by atoms with E-state index in [4.69, 9.17) is 9.84 Å². The SMILES string of the molecule is CC(C)(NC(=O)c1nonc1NC(=O)OCC1c2ccccc2-c2ccccc21)C(=O)O. The molecule has 3 N–H and O–H groups in total. The Morgan fingerprint density at radius 1 is 1.03 bits per heavy atom. The summed E-state index contributed by atoms with van der Waals surface area (Å²) in [4.78, 5) is 35.9. The van der Waals surface area contributed by atoms with E-state index in [-0.39, 0.29) is 24.0 Å². The van der Waals surface area contributed by atoms with Gasteiger partial charge in [0.15, 0.2) is 0 Å². The fourth-order valence-electron chi connectivity index (χ4n) is 3.55. The third-order valence-corrected chi connectivity index (χ3v) is 5.23. The maximum absolute atomic E-state index is 12.4. The number of hydrogen-bond acceptors (Lipinski definition) is 7. The van der Waals surface area contributed by atoms with Crippen molar-refractivity contribution < 1.29 is 28.9 Å². The highest BCUT2D eigenvalue weighted by Gasteiger charge is 2.33. The summed E-state index contributed by atoms with van der Waals surface area (Å²) in [5.74, 6) is -2.52. The normalized spacial score (nSPS) is 12.6. The molecule has 0 bridgehead atoms. The molecule has 0 saturated heterocycles. The molecule has 32 heavy (non-hydrogen) atoms. The van der Waals surface area contributed by atoms with E-state index < -0.39 is 23.5 Å². The van der Waals surface area contributed by atoms with Gasteiger partial charge in [-0.25, -0.2) is 14.2 Å². The Bertz CT molecular complexity index is 1160. The molecule has 3 aromatic rings. The van der Waals surface area contributed by atoms with Gasteiger partial charge in [0.25, 0.3) is 5.91 Å². The molecule has 164 valence electrons. The van der Waals surface area contributed by atoms with E-state index in [0.29, 0.717) is 0 Å². The van der Waals surface area contributed by atoms with Crippen LogP contribution in [0.4, 0.5) is 10.6 Å². The summed E-state index contributed by atoms with van der Waals surface area (Å²) >= 11 is 0. The van der Waals surface area contributed by atoms with Crippen molar-refractivity contribution in [3.05, 3.63) is 65.4 Å². The Kier molecular flexibility index (Phi) is 5.35. The Balaban J connectivity index is 1.44. The lowest BCUT2D eigenvalue weighted by molar-refractivity contribution is -0.143. The molecule has 10 nitrogen and oxygen atoms in total. The number of rotatable bonds is 6. The van der Waals surface area contributed by atoms with E-state index in [1.165, 1.54) is 13.8 Å². The number of fused-ring (bicyclic) bond motifs is 3. The zero-order valence-corrected chi connectivity index (χ0v) is 17.3. The first-order valence-corrected chi connectivity index (χ1v) is 9.78. The van der Waals surface area contributed by atoms with Crippen LogP contribution in [0.25, 0.3) is 11.1 Å². The van der Waals surface area contributed by atoms with Crippen LogP contribution < -0.4 is 10.6 Å². The molecular formula is C22H20N4O6. The molecule has 0 unspecified atom stereocenters. The van der Waals surface area contributed by atoms with Crippen molar-refractivity contribution in [2.45, 2.75) is 25.3 Å². The minimum Gasteiger partial charge on any atom is -0.480 e. The zero-order chi connectivity index (χ0) is 22.9. The summed E-state index contributed by atoms with van der Waals surface area (Å²) in [5.41, 5.74) is 2.38. The molecule has 0 aliphatic heterocycles. The maximum atomic E-state index is 12.4. The number of benzene rings is 2. The highest BCUT2D eigenvalue weighted by atomic mass is 16.6. The van der Waals surface area contributed by atoms with Crippen LogP contribution in [0.5, 0.6) is 0 Å². The third kappa shape index (κ3) is 3.89. The average molecular weight is 436 g/mol. The number of ether oxygens (including phenoxy) is 1. The van der Waals surface area contributed by atoms with Crippen LogP contribution in [0.3, 0.4) is 0 Å². The number of nitrogens with one attached hydrogen (secondary N) is 2. The van der Waals surface area contributed by atoms with Gasteiger partial charge in [-0.15, -0.1) is 0 Å². The fourth-order valence-corrected chi connectivity index (χ4v) is 3.55.